The molecule has 0 heterocycles. The predicted octanol–water partition coefficient (Wildman–Crippen LogP) is 0.707. The molecule has 9 heteroatoms. The number of carbonyl (C=O) groups is 1. The molecule has 0 saturated heterocycles. The van der Waals surface area contributed by atoms with Gasteiger partial charge in [0, 0.05) is 26.2 Å². The number of rotatable bonds is 8. The van der Waals surface area contributed by atoms with Crippen LogP contribution in [-0.2, 0) is 10.0 Å². The maximum Gasteiger partial charge on any atom is 0.251 e. The van der Waals surface area contributed by atoms with E-state index in [9.17, 15) is 13.2 Å². The summed E-state index contributed by atoms with van der Waals surface area (Å²) >= 11 is 0. The molecule has 1 rings (SSSR count). The molecule has 0 spiro atoms. The summed E-state index contributed by atoms with van der Waals surface area (Å²) in [6, 6.07) is 4.36. The lowest BCUT2D eigenvalue weighted by molar-refractivity contribution is 0.0953. The molecule has 0 atom stereocenters. The maximum atomic E-state index is 12.3. The van der Waals surface area contributed by atoms with E-state index in [1.165, 1.54) is 33.3 Å². The quantitative estimate of drug-likeness (QED) is 0.662. The molecule has 0 fully saturated rings. The number of hydrogen-bond acceptors (Lipinski definition) is 5. The summed E-state index contributed by atoms with van der Waals surface area (Å²) in [4.78, 5) is 12.1. The molecule has 0 saturated carbocycles. The monoisotopic (exact) mass is 365 g/mol. The fraction of sp³-hybridized carbons (Fsp3) is 0.500. The van der Waals surface area contributed by atoms with Gasteiger partial charge in [-0.15, -0.1) is 12.4 Å². The number of benzene rings is 1. The van der Waals surface area contributed by atoms with Crippen LogP contribution in [0.2, 0.25) is 0 Å². The van der Waals surface area contributed by atoms with Gasteiger partial charge >= 0.3 is 0 Å². The highest BCUT2D eigenvalue weighted by molar-refractivity contribution is 7.89. The van der Waals surface area contributed by atoms with Crippen molar-refractivity contribution in [2.24, 2.45) is 0 Å². The van der Waals surface area contributed by atoms with Gasteiger partial charge in [-0.05, 0) is 38.2 Å². The van der Waals surface area contributed by atoms with Crippen molar-refractivity contribution in [1.82, 2.24) is 14.9 Å². The van der Waals surface area contributed by atoms with E-state index in [2.05, 4.69) is 10.6 Å². The highest BCUT2D eigenvalue weighted by atomic mass is 35.5. The van der Waals surface area contributed by atoms with Gasteiger partial charge in [0.1, 0.15) is 10.6 Å². The van der Waals surface area contributed by atoms with Gasteiger partial charge in [-0.2, -0.15) is 0 Å². The lowest BCUT2D eigenvalue weighted by atomic mass is 10.2. The topological polar surface area (TPSA) is 87.7 Å². The van der Waals surface area contributed by atoms with Crippen LogP contribution >= 0.6 is 12.4 Å². The number of sulfonamides is 1. The van der Waals surface area contributed by atoms with E-state index in [1.54, 1.807) is 6.07 Å². The van der Waals surface area contributed by atoms with E-state index in [4.69, 9.17) is 4.74 Å². The van der Waals surface area contributed by atoms with Crippen LogP contribution in [0.25, 0.3) is 0 Å². The largest absolute Gasteiger partial charge is 0.495 e. The zero-order chi connectivity index (χ0) is 16.8. The van der Waals surface area contributed by atoms with Crippen LogP contribution in [0.5, 0.6) is 5.75 Å². The van der Waals surface area contributed by atoms with Gasteiger partial charge in [-0.25, -0.2) is 12.7 Å². The number of methoxy groups -OCH3 is 1. The number of nitrogens with zero attached hydrogens (tertiary/aromatic N) is 1. The maximum absolute atomic E-state index is 12.3. The minimum absolute atomic E-state index is 0. The average Bonchev–Trinajstić information content (AvgIpc) is 2.50. The Bertz CT molecular complexity index is 620. The van der Waals surface area contributed by atoms with Crippen molar-refractivity contribution >= 4 is 28.3 Å². The number of carbonyl (C=O) groups excluding carboxylic acids is 1. The SMILES string of the molecule is CNCCCNC(=O)c1ccc(OC)c(S(=O)(=O)N(C)C)c1.Cl. The molecule has 7 nitrogen and oxygen atoms in total. The Morgan fingerprint density at radius 2 is 1.91 bits per heavy atom. The Morgan fingerprint density at radius 1 is 1.26 bits per heavy atom. The van der Waals surface area contributed by atoms with Crippen LogP contribution in [0.3, 0.4) is 0 Å². The van der Waals surface area contributed by atoms with E-state index in [0.29, 0.717) is 6.54 Å². The number of amides is 1. The summed E-state index contributed by atoms with van der Waals surface area (Å²) in [7, 11) is 2.40. The smallest absolute Gasteiger partial charge is 0.251 e. The first kappa shape index (κ1) is 21.6. The third-order valence-electron chi connectivity index (χ3n) is 3.07. The van der Waals surface area contributed by atoms with Crippen LogP contribution in [0.15, 0.2) is 23.1 Å². The van der Waals surface area contributed by atoms with Gasteiger partial charge in [0.25, 0.3) is 5.91 Å². The van der Waals surface area contributed by atoms with Crippen molar-refractivity contribution in [2.75, 3.05) is 41.3 Å². The van der Waals surface area contributed by atoms with Gasteiger partial charge in [0.15, 0.2) is 0 Å². The minimum Gasteiger partial charge on any atom is -0.495 e. The molecule has 1 amide bonds. The molecular weight excluding hydrogens is 342 g/mol. The first-order chi connectivity index (χ1) is 10.3. The first-order valence-corrected chi connectivity index (χ1v) is 8.32. The second-order valence-electron chi connectivity index (χ2n) is 4.87. The van der Waals surface area contributed by atoms with Gasteiger partial charge < -0.3 is 15.4 Å². The second kappa shape index (κ2) is 9.71. The van der Waals surface area contributed by atoms with Crippen molar-refractivity contribution in [3.63, 3.8) is 0 Å². The molecule has 0 aliphatic carbocycles. The Hall–Kier alpha value is -1.35. The van der Waals surface area contributed by atoms with E-state index in [-0.39, 0.29) is 34.5 Å². The molecule has 0 aliphatic rings. The fourth-order valence-corrected chi connectivity index (χ4v) is 2.86. The molecule has 1 aromatic rings. The van der Waals surface area contributed by atoms with E-state index in [0.717, 1.165) is 17.3 Å². The number of hydrogen-bond donors (Lipinski definition) is 2. The molecule has 0 radical (unpaired) electrons. The summed E-state index contributed by atoms with van der Waals surface area (Å²) in [5, 5.41) is 5.74. The van der Waals surface area contributed by atoms with Crippen LogP contribution in [0.1, 0.15) is 16.8 Å². The van der Waals surface area contributed by atoms with Gasteiger partial charge in [0.05, 0.1) is 7.11 Å². The Kier molecular flexibility index (Phi) is 9.14. The third-order valence-corrected chi connectivity index (χ3v) is 4.91. The highest BCUT2D eigenvalue weighted by Crippen LogP contribution is 2.26. The van der Waals surface area contributed by atoms with Gasteiger partial charge in [0.2, 0.25) is 10.0 Å². The lowest BCUT2D eigenvalue weighted by Gasteiger charge is -2.15. The highest BCUT2D eigenvalue weighted by Gasteiger charge is 2.23. The number of nitrogens with one attached hydrogen (secondary N) is 2. The summed E-state index contributed by atoms with van der Waals surface area (Å²) < 4.78 is 30.7. The van der Waals surface area contributed by atoms with Crippen LogP contribution in [0.4, 0.5) is 0 Å². The lowest BCUT2D eigenvalue weighted by Crippen LogP contribution is -2.27. The fourth-order valence-electron chi connectivity index (χ4n) is 1.79. The molecule has 0 aromatic heterocycles. The summed E-state index contributed by atoms with van der Waals surface area (Å²) in [6.45, 7) is 1.31. The van der Waals surface area contributed by atoms with Crippen LogP contribution < -0.4 is 15.4 Å². The van der Waals surface area contributed by atoms with E-state index >= 15 is 0 Å². The van der Waals surface area contributed by atoms with Crippen molar-refractivity contribution in [2.45, 2.75) is 11.3 Å². The van der Waals surface area contributed by atoms with Crippen LogP contribution in [0, 0.1) is 0 Å². The van der Waals surface area contributed by atoms with E-state index < -0.39 is 10.0 Å². The molecule has 23 heavy (non-hydrogen) atoms. The summed E-state index contributed by atoms with van der Waals surface area (Å²) in [5.41, 5.74) is 0.283. The molecule has 0 aliphatic heterocycles. The Balaban J connectivity index is 0.00000484. The van der Waals surface area contributed by atoms with Gasteiger partial charge in [-0.1, -0.05) is 0 Å². The molecule has 0 bridgehead atoms. The molecule has 1 aromatic carbocycles. The van der Waals surface area contributed by atoms with Crippen LogP contribution in [-0.4, -0.2) is 60.0 Å². The molecular formula is C14H24ClN3O4S. The average molecular weight is 366 g/mol. The molecule has 2 N–H and O–H groups in total. The summed E-state index contributed by atoms with van der Waals surface area (Å²) in [5.74, 6) is -0.102. The Labute approximate surface area is 143 Å². The standard InChI is InChI=1S/C14H23N3O4S.ClH/c1-15-8-5-9-16-14(18)11-6-7-12(21-4)13(10-11)22(19,20)17(2)3;/h6-7,10,15H,5,8-9H2,1-4H3,(H,16,18);1H. The zero-order valence-corrected chi connectivity index (χ0v) is 15.4. The zero-order valence-electron chi connectivity index (χ0n) is 13.8. The normalized spacial score (nSPS) is 11.0. The number of halogens is 1. The van der Waals surface area contributed by atoms with Crippen molar-refractivity contribution < 1.29 is 17.9 Å². The molecule has 132 valence electrons. The minimum atomic E-state index is -3.69. The van der Waals surface area contributed by atoms with E-state index in [1.807, 2.05) is 7.05 Å². The summed E-state index contributed by atoms with van der Waals surface area (Å²) in [6.07, 6.45) is 0.793. The number of ether oxygens (including phenoxy) is 1. The second-order valence-corrected chi connectivity index (χ2v) is 6.99. The molecule has 0 unspecified atom stereocenters. The van der Waals surface area contributed by atoms with Crippen molar-refractivity contribution in [3.05, 3.63) is 23.8 Å². The Morgan fingerprint density at radius 3 is 2.43 bits per heavy atom. The van der Waals surface area contributed by atoms with Crippen molar-refractivity contribution in [1.29, 1.82) is 0 Å². The third kappa shape index (κ3) is 5.65. The van der Waals surface area contributed by atoms with Crippen molar-refractivity contribution in [3.8, 4) is 5.75 Å². The van der Waals surface area contributed by atoms with Gasteiger partial charge in [-0.3, -0.25) is 4.79 Å². The first-order valence-electron chi connectivity index (χ1n) is 6.88. The predicted molar refractivity (Wildman–Crippen MR) is 92.0 cm³/mol.